The summed E-state index contributed by atoms with van der Waals surface area (Å²) in [5, 5.41) is 0. The zero-order valence-corrected chi connectivity index (χ0v) is 13.3. The molecule has 1 aromatic rings. The zero-order chi connectivity index (χ0) is 15.3. The van der Waals surface area contributed by atoms with Crippen LogP contribution in [0.2, 0.25) is 0 Å². The third-order valence-corrected chi connectivity index (χ3v) is 4.72. The Kier molecular flexibility index (Phi) is 5.50. The van der Waals surface area contributed by atoms with E-state index in [2.05, 4.69) is 34.4 Å². The summed E-state index contributed by atoms with van der Waals surface area (Å²) in [6.45, 7) is 0. The average molecular weight is 293 g/mol. The van der Waals surface area contributed by atoms with Crippen LogP contribution in [0.4, 0.5) is 0 Å². The second kappa shape index (κ2) is 7.15. The number of hydrogen-bond donors (Lipinski definition) is 2. The van der Waals surface area contributed by atoms with Gasteiger partial charge in [0.05, 0.1) is 13.2 Å². The Bertz CT molecular complexity index is 443. The number of methoxy groups -OCH3 is 1. The Morgan fingerprint density at radius 3 is 2.33 bits per heavy atom. The van der Waals surface area contributed by atoms with Gasteiger partial charge in [-0.1, -0.05) is 25.7 Å². The van der Waals surface area contributed by atoms with Crippen LogP contribution in [0.5, 0.6) is 5.88 Å². The van der Waals surface area contributed by atoms with E-state index >= 15 is 0 Å². The quantitative estimate of drug-likeness (QED) is 0.488. The van der Waals surface area contributed by atoms with Gasteiger partial charge in [-0.05, 0) is 26.9 Å². The topological polar surface area (TPSA) is 76.3 Å². The number of nitrogens with two attached hydrogens (primary N) is 1. The number of aromatic nitrogens is 2. The average Bonchev–Trinajstić information content (AvgIpc) is 2.75. The molecule has 1 saturated carbocycles. The highest BCUT2D eigenvalue weighted by atomic mass is 16.5. The molecule has 2 rings (SSSR count). The maximum absolute atomic E-state index is 5.93. The van der Waals surface area contributed by atoms with Gasteiger partial charge in [-0.3, -0.25) is 10.8 Å². The lowest BCUT2D eigenvalue weighted by Gasteiger charge is -2.45. The molecule has 1 atom stereocenters. The minimum atomic E-state index is -0.103. The van der Waals surface area contributed by atoms with Crippen LogP contribution in [-0.2, 0) is 0 Å². The van der Waals surface area contributed by atoms with Crippen molar-refractivity contribution >= 4 is 0 Å². The summed E-state index contributed by atoms with van der Waals surface area (Å²) >= 11 is 0. The van der Waals surface area contributed by atoms with Crippen LogP contribution in [0.15, 0.2) is 12.4 Å². The van der Waals surface area contributed by atoms with Gasteiger partial charge in [-0.2, -0.15) is 0 Å². The van der Waals surface area contributed by atoms with Gasteiger partial charge in [0.25, 0.3) is 0 Å². The van der Waals surface area contributed by atoms with E-state index in [-0.39, 0.29) is 11.6 Å². The van der Waals surface area contributed by atoms with Crippen molar-refractivity contribution in [2.75, 3.05) is 21.2 Å². The van der Waals surface area contributed by atoms with Crippen molar-refractivity contribution in [2.24, 2.45) is 5.84 Å². The van der Waals surface area contributed by atoms with Crippen LogP contribution in [0.1, 0.15) is 50.3 Å². The highest BCUT2D eigenvalue weighted by Crippen LogP contribution is 2.41. The fraction of sp³-hybridized carbons (Fsp3) is 0.733. The van der Waals surface area contributed by atoms with Gasteiger partial charge >= 0.3 is 0 Å². The SMILES string of the molecule is COc1nccnc1C(NN)C1(N(C)C)CCCCCC1. The first-order chi connectivity index (χ1) is 10.2. The summed E-state index contributed by atoms with van der Waals surface area (Å²) in [5.41, 5.74) is 3.72. The molecular weight excluding hydrogens is 266 g/mol. The van der Waals surface area contributed by atoms with Crippen molar-refractivity contribution in [3.8, 4) is 5.88 Å². The van der Waals surface area contributed by atoms with Gasteiger partial charge in [0.2, 0.25) is 5.88 Å². The summed E-state index contributed by atoms with van der Waals surface area (Å²) < 4.78 is 5.39. The summed E-state index contributed by atoms with van der Waals surface area (Å²) in [6.07, 6.45) is 10.5. The summed E-state index contributed by atoms with van der Waals surface area (Å²) in [6, 6.07) is -0.103. The van der Waals surface area contributed by atoms with Gasteiger partial charge < -0.3 is 9.64 Å². The van der Waals surface area contributed by atoms with E-state index in [9.17, 15) is 0 Å². The number of hydrogen-bond acceptors (Lipinski definition) is 6. The molecular formula is C15H27N5O. The predicted molar refractivity (Wildman–Crippen MR) is 82.8 cm³/mol. The molecule has 1 heterocycles. The largest absolute Gasteiger partial charge is 0.480 e. The van der Waals surface area contributed by atoms with E-state index in [0.717, 1.165) is 18.5 Å². The Balaban J connectivity index is 2.44. The predicted octanol–water partition coefficient (Wildman–Crippen LogP) is 1.64. The van der Waals surface area contributed by atoms with E-state index in [0.29, 0.717) is 5.88 Å². The van der Waals surface area contributed by atoms with E-state index in [4.69, 9.17) is 10.6 Å². The Hall–Kier alpha value is -1.24. The molecule has 1 aromatic heterocycles. The number of rotatable bonds is 5. The molecule has 0 saturated heterocycles. The van der Waals surface area contributed by atoms with Crippen molar-refractivity contribution in [2.45, 2.75) is 50.1 Å². The van der Waals surface area contributed by atoms with E-state index < -0.39 is 0 Å². The second-order valence-corrected chi connectivity index (χ2v) is 5.96. The molecule has 6 nitrogen and oxygen atoms in total. The zero-order valence-electron chi connectivity index (χ0n) is 13.3. The molecule has 1 aliphatic carbocycles. The first kappa shape index (κ1) is 16.1. The standard InChI is InChI=1S/C15H27N5O/c1-20(2)15(8-6-4-5-7-9-15)13(19-16)12-14(21-3)18-11-10-17-12/h10-11,13,19H,4-9,16H2,1-3H3. The summed E-state index contributed by atoms with van der Waals surface area (Å²) in [7, 11) is 5.87. The van der Waals surface area contributed by atoms with Gasteiger partial charge in [-0.15, -0.1) is 0 Å². The van der Waals surface area contributed by atoms with Gasteiger partial charge in [0.1, 0.15) is 5.69 Å². The molecule has 0 radical (unpaired) electrons. The lowest BCUT2D eigenvalue weighted by molar-refractivity contribution is 0.0765. The smallest absolute Gasteiger partial charge is 0.237 e. The molecule has 6 heteroatoms. The van der Waals surface area contributed by atoms with E-state index in [1.54, 1.807) is 19.5 Å². The molecule has 1 unspecified atom stereocenters. The van der Waals surface area contributed by atoms with Crippen molar-refractivity contribution in [3.05, 3.63) is 18.1 Å². The van der Waals surface area contributed by atoms with Crippen LogP contribution in [-0.4, -0.2) is 41.6 Å². The van der Waals surface area contributed by atoms with Crippen molar-refractivity contribution < 1.29 is 4.74 Å². The van der Waals surface area contributed by atoms with Gasteiger partial charge in [0, 0.05) is 17.9 Å². The summed E-state index contributed by atoms with van der Waals surface area (Å²) in [5.74, 6) is 6.48. The van der Waals surface area contributed by atoms with Crippen molar-refractivity contribution in [1.29, 1.82) is 0 Å². The van der Waals surface area contributed by atoms with E-state index in [1.807, 2.05) is 0 Å². The van der Waals surface area contributed by atoms with Crippen LogP contribution < -0.4 is 16.0 Å². The second-order valence-electron chi connectivity index (χ2n) is 5.96. The molecule has 0 aliphatic heterocycles. The number of nitrogens with zero attached hydrogens (tertiary/aromatic N) is 3. The van der Waals surface area contributed by atoms with Crippen LogP contribution in [0.25, 0.3) is 0 Å². The summed E-state index contributed by atoms with van der Waals surface area (Å²) in [4.78, 5) is 11.1. The first-order valence-corrected chi connectivity index (χ1v) is 7.64. The molecule has 3 N–H and O–H groups in total. The fourth-order valence-corrected chi connectivity index (χ4v) is 3.51. The monoisotopic (exact) mass is 293 g/mol. The van der Waals surface area contributed by atoms with Crippen LogP contribution >= 0.6 is 0 Å². The van der Waals surface area contributed by atoms with Gasteiger partial charge in [-0.25, -0.2) is 10.4 Å². The fourth-order valence-electron chi connectivity index (χ4n) is 3.51. The maximum atomic E-state index is 5.93. The molecule has 21 heavy (non-hydrogen) atoms. The molecule has 118 valence electrons. The molecule has 1 fully saturated rings. The maximum Gasteiger partial charge on any atom is 0.237 e. The molecule has 1 aliphatic rings. The minimum absolute atomic E-state index is 0.0609. The Labute approximate surface area is 127 Å². The third kappa shape index (κ3) is 3.17. The number of likely N-dealkylation sites (N-methyl/N-ethyl adjacent to an activating group) is 1. The highest BCUT2D eigenvalue weighted by Gasteiger charge is 2.43. The van der Waals surface area contributed by atoms with Gasteiger partial charge in [0.15, 0.2) is 0 Å². The Morgan fingerprint density at radius 1 is 1.19 bits per heavy atom. The number of nitrogens with one attached hydrogen (secondary N) is 1. The highest BCUT2D eigenvalue weighted by molar-refractivity contribution is 5.25. The lowest BCUT2D eigenvalue weighted by atomic mass is 9.80. The number of ether oxygens (including phenoxy) is 1. The lowest BCUT2D eigenvalue weighted by Crippen LogP contribution is -2.55. The third-order valence-electron chi connectivity index (χ3n) is 4.72. The van der Waals surface area contributed by atoms with Crippen molar-refractivity contribution in [3.63, 3.8) is 0 Å². The molecule has 0 aromatic carbocycles. The normalized spacial score (nSPS) is 20.0. The molecule has 0 spiro atoms. The Morgan fingerprint density at radius 2 is 1.81 bits per heavy atom. The first-order valence-electron chi connectivity index (χ1n) is 7.64. The van der Waals surface area contributed by atoms with Crippen LogP contribution in [0, 0.1) is 0 Å². The number of hydrazine groups is 1. The van der Waals surface area contributed by atoms with E-state index in [1.165, 1.54) is 25.7 Å². The van der Waals surface area contributed by atoms with Crippen LogP contribution in [0.3, 0.4) is 0 Å². The molecule has 0 bridgehead atoms. The minimum Gasteiger partial charge on any atom is -0.480 e. The molecule has 0 amide bonds. The van der Waals surface area contributed by atoms with Crippen molar-refractivity contribution in [1.82, 2.24) is 20.3 Å².